The van der Waals surface area contributed by atoms with Crippen molar-refractivity contribution < 1.29 is 97.3 Å². The molecule has 39 heavy (non-hydrogen) atoms. The van der Waals surface area contributed by atoms with Crippen molar-refractivity contribution in [2.75, 3.05) is 6.61 Å². The maximum atomic E-state index is 13.7. The summed E-state index contributed by atoms with van der Waals surface area (Å²) in [5.74, 6) is -77.6. The van der Waals surface area contributed by atoms with Crippen molar-refractivity contribution in [3.8, 4) is 0 Å². The Balaban J connectivity index is 6.58. The van der Waals surface area contributed by atoms with E-state index in [1.807, 2.05) is 0 Å². The molecule has 0 aromatic heterocycles. The lowest BCUT2D eigenvalue weighted by Crippen LogP contribution is -2.76. The van der Waals surface area contributed by atoms with Gasteiger partial charge in [-0.05, 0) is 6.42 Å². The third-order valence-electron chi connectivity index (χ3n) is 4.92. The van der Waals surface area contributed by atoms with Crippen molar-refractivity contribution >= 4 is 5.97 Å². The minimum atomic E-state index is -9.06. The molecule has 0 aliphatic carbocycles. The molecule has 0 N–H and O–H groups in total. The van der Waals surface area contributed by atoms with Gasteiger partial charge in [-0.1, -0.05) is 19.8 Å². The summed E-state index contributed by atoms with van der Waals surface area (Å²) < 4.78 is 269. The summed E-state index contributed by atoms with van der Waals surface area (Å²) in [5.41, 5.74) is 0. The first kappa shape index (κ1) is 37.1. The monoisotopic (exact) mass is 630 g/mol. The van der Waals surface area contributed by atoms with Gasteiger partial charge in [0.2, 0.25) is 0 Å². The van der Waals surface area contributed by atoms with Crippen LogP contribution in [-0.2, 0) is 9.53 Å². The molecule has 0 spiro atoms. The van der Waals surface area contributed by atoms with E-state index in [2.05, 4.69) is 4.74 Å². The lowest BCUT2D eigenvalue weighted by atomic mass is 9.86. The molecule has 0 radical (unpaired) electrons. The SMILES string of the molecule is CCCCCC(=O)OCC(F)(F)C(F)(F)C(F)(F)C(F)(F)C(F)(F)C(F)(F)C(F)(F)C(F)(F)C(F)(F)C(F)F. The first-order chi connectivity index (χ1) is 16.9. The second kappa shape index (κ2) is 10.8. The molecule has 0 heterocycles. The predicted molar refractivity (Wildman–Crippen MR) is 85.6 cm³/mol. The van der Waals surface area contributed by atoms with Gasteiger partial charge in [-0.2, -0.15) is 79.0 Å². The highest BCUT2D eigenvalue weighted by atomic mass is 19.4. The number of carbonyl (C=O) groups excluding carboxylic acids is 1. The highest BCUT2D eigenvalue weighted by Crippen LogP contribution is 2.65. The van der Waals surface area contributed by atoms with E-state index in [1.165, 1.54) is 6.92 Å². The third kappa shape index (κ3) is 5.52. The molecule has 0 unspecified atom stereocenters. The Morgan fingerprint density at radius 2 is 0.897 bits per heavy atom. The van der Waals surface area contributed by atoms with Crippen molar-refractivity contribution in [2.24, 2.45) is 0 Å². The van der Waals surface area contributed by atoms with Crippen molar-refractivity contribution in [1.29, 1.82) is 0 Å². The molecule has 0 saturated carbocycles. The molecular weight excluding hydrogens is 616 g/mol. The van der Waals surface area contributed by atoms with Crippen LogP contribution in [0.15, 0.2) is 0 Å². The summed E-state index contributed by atoms with van der Waals surface area (Å²) in [6.45, 7) is -1.81. The average molecular weight is 630 g/mol. The molecule has 0 aromatic rings. The Labute approximate surface area is 203 Å². The fraction of sp³-hybridized carbons (Fsp3) is 0.941. The number of alkyl halides is 20. The maximum absolute atomic E-state index is 13.7. The van der Waals surface area contributed by atoms with E-state index in [0.717, 1.165) is 0 Å². The van der Waals surface area contributed by atoms with Crippen LogP contribution in [0, 0.1) is 0 Å². The van der Waals surface area contributed by atoms with Crippen LogP contribution in [0.4, 0.5) is 87.8 Å². The summed E-state index contributed by atoms with van der Waals surface area (Å²) in [6.07, 6.45) is -6.67. The van der Waals surface area contributed by atoms with Gasteiger partial charge in [0.1, 0.15) is 0 Å². The molecule has 22 heteroatoms. The van der Waals surface area contributed by atoms with Gasteiger partial charge in [0, 0.05) is 6.42 Å². The van der Waals surface area contributed by atoms with Gasteiger partial charge in [0.05, 0.1) is 0 Å². The standard InChI is InChI=1S/C17H14F20O2/c1-2-3-4-5-7(38)39-6-9(20,21)11(24,25)13(28,29)15(32,33)17(36,37)16(34,35)14(30,31)12(26,27)10(22,23)8(18)19/h8H,2-6H2,1H3. The van der Waals surface area contributed by atoms with Gasteiger partial charge in [0.25, 0.3) is 0 Å². The molecule has 0 saturated heterocycles. The summed E-state index contributed by atoms with van der Waals surface area (Å²) >= 11 is 0. The molecular formula is C17H14F20O2. The van der Waals surface area contributed by atoms with Gasteiger partial charge in [-0.3, -0.25) is 4.79 Å². The Morgan fingerprint density at radius 1 is 0.564 bits per heavy atom. The Kier molecular flexibility index (Phi) is 10.3. The van der Waals surface area contributed by atoms with Crippen LogP contribution in [0.2, 0.25) is 0 Å². The van der Waals surface area contributed by atoms with Gasteiger partial charge < -0.3 is 4.74 Å². The maximum Gasteiger partial charge on any atom is 0.385 e. The zero-order chi connectivity index (χ0) is 31.9. The molecule has 0 aliphatic rings. The zero-order valence-corrected chi connectivity index (χ0v) is 18.5. The molecule has 0 amide bonds. The Hall–Kier alpha value is -1.93. The second-order valence-corrected chi connectivity index (χ2v) is 7.77. The normalized spacial score (nSPS) is 15.6. The number of unbranched alkanes of at least 4 members (excludes halogenated alkanes) is 2. The van der Waals surface area contributed by atoms with Crippen molar-refractivity contribution in [1.82, 2.24) is 0 Å². The van der Waals surface area contributed by atoms with E-state index < -0.39 is 78.7 Å². The van der Waals surface area contributed by atoms with E-state index in [0.29, 0.717) is 6.42 Å². The van der Waals surface area contributed by atoms with Gasteiger partial charge in [-0.15, -0.1) is 0 Å². The minimum Gasteiger partial charge on any atom is -0.459 e. The minimum absolute atomic E-state index is 0.169. The topological polar surface area (TPSA) is 26.3 Å². The van der Waals surface area contributed by atoms with Gasteiger partial charge >= 0.3 is 65.7 Å². The van der Waals surface area contributed by atoms with Crippen LogP contribution >= 0.6 is 0 Å². The highest BCUT2D eigenvalue weighted by Gasteiger charge is 2.96. The number of ether oxygens (including phenoxy) is 1. The first-order valence-corrected chi connectivity index (χ1v) is 9.74. The Bertz CT molecular complexity index is 849. The van der Waals surface area contributed by atoms with Crippen LogP contribution in [0.25, 0.3) is 0 Å². The summed E-state index contributed by atoms with van der Waals surface area (Å²) in [5, 5.41) is 0. The zero-order valence-electron chi connectivity index (χ0n) is 18.5. The van der Waals surface area contributed by atoms with E-state index in [-0.39, 0.29) is 12.8 Å². The van der Waals surface area contributed by atoms with Crippen LogP contribution in [0.5, 0.6) is 0 Å². The number of rotatable bonds is 15. The van der Waals surface area contributed by atoms with Crippen LogP contribution in [0.1, 0.15) is 32.6 Å². The predicted octanol–water partition coefficient (Wildman–Crippen LogP) is 8.09. The number of hydrogen-bond donors (Lipinski definition) is 0. The van der Waals surface area contributed by atoms with Crippen molar-refractivity contribution in [3.63, 3.8) is 0 Å². The molecule has 0 aliphatic heterocycles. The summed E-state index contributed by atoms with van der Waals surface area (Å²) in [6, 6.07) is 0. The summed E-state index contributed by atoms with van der Waals surface area (Å²) in [7, 11) is 0. The lowest BCUT2D eigenvalue weighted by molar-refractivity contribution is -0.465. The smallest absolute Gasteiger partial charge is 0.385 e. The van der Waals surface area contributed by atoms with E-state index in [9.17, 15) is 92.6 Å². The summed E-state index contributed by atoms with van der Waals surface area (Å²) in [4.78, 5) is 11.1. The van der Waals surface area contributed by atoms with Gasteiger partial charge in [0.15, 0.2) is 6.61 Å². The number of hydrogen-bond acceptors (Lipinski definition) is 2. The average Bonchev–Trinajstić information content (AvgIpc) is 2.76. The highest BCUT2D eigenvalue weighted by molar-refractivity contribution is 5.69. The molecule has 0 rings (SSSR count). The third-order valence-corrected chi connectivity index (χ3v) is 4.92. The van der Waals surface area contributed by atoms with Crippen molar-refractivity contribution in [3.05, 3.63) is 0 Å². The van der Waals surface area contributed by atoms with Crippen molar-refractivity contribution in [2.45, 2.75) is 92.3 Å². The lowest BCUT2D eigenvalue weighted by Gasteiger charge is -2.44. The van der Waals surface area contributed by atoms with E-state index in [4.69, 9.17) is 0 Å². The van der Waals surface area contributed by atoms with Crippen LogP contribution < -0.4 is 0 Å². The van der Waals surface area contributed by atoms with Gasteiger partial charge in [-0.25, -0.2) is 8.78 Å². The Morgan fingerprint density at radius 3 is 1.23 bits per heavy atom. The van der Waals surface area contributed by atoms with Crippen LogP contribution in [0.3, 0.4) is 0 Å². The van der Waals surface area contributed by atoms with E-state index >= 15 is 0 Å². The van der Waals surface area contributed by atoms with E-state index in [1.54, 1.807) is 0 Å². The fourth-order valence-electron chi connectivity index (χ4n) is 2.42. The first-order valence-electron chi connectivity index (χ1n) is 9.74. The molecule has 234 valence electrons. The number of esters is 1. The molecule has 0 aromatic carbocycles. The molecule has 0 bridgehead atoms. The second-order valence-electron chi connectivity index (χ2n) is 7.77. The molecule has 0 atom stereocenters. The number of halogens is 20. The van der Waals surface area contributed by atoms with Crippen LogP contribution in [-0.4, -0.2) is 72.3 Å². The largest absolute Gasteiger partial charge is 0.459 e. The molecule has 2 nitrogen and oxygen atoms in total. The fourth-order valence-corrected chi connectivity index (χ4v) is 2.42. The quantitative estimate of drug-likeness (QED) is 0.104. The molecule has 0 fully saturated rings. The number of carbonyl (C=O) groups is 1.